The molecule has 2 heteroatoms. The van der Waals surface area contributed by atoms with Gasteiger partial charge in [0, 0.05) is 0 Å². The first-order chi connectivity index (χ1) is 29.8. The van der Waals surface area contributed by atoms with Gasteiger partial charge in [-0.2, -0.15) is 0 Å². The van der Waals surface area contributed by atoms with Crippen LogP contribution in [0, 0.1) is 0 Å². The van der Waals surface area contributed by atoms with Gasteiger partial charge in [-0.1, -0.05) is 12.1 Å². The fourth-order valence-electron chi connectivity index (χ4n) is 10.1. The Morgan fingerprint density at radius 1 is 0.267 bits per heavy atom. The van der Waals surface area contributed by atoms with Crippen LogP contribution in [-0.4, -0.2) is 14.5 Å². The molecule has 0 amide bonds. The molecule has 0 aliphatic rings. The zero-order valence-corrected chi connectivity index (χ0v) is 35.0. The normalized spacial score (nSPS) is 12.0. The third-order valence-corrected chi connectivity index (χ3v) is 16.3. The fraction of sp³-hybridized carbons (Fsp3) is 0. The summed E-state index contributed by atoms with van der Waals surface area (Å²) in [5, 5.41) is 15.8. The quantitative estimate of drug-likeness (QED) is 0.122. The van der Waals surface area contributed by atoms with Crippen LogP contribution in [0.1, 0.15) is 0 Å². The van der Waals surface area contributed by atoms with Crippen molar-refractivity contribution >= 4 is 108 Å². The number of hydrogen-bond acceptors (Lipinski definition) is 1. The summed E-state index contributed by atoms with van der Waals surface area (Å²) in [6, 6.07) is 77.3. The van der Waals surface area contributed by atoms with Crippen LogP contribution in [-0.2, 0) is 0 Å². The van der Waals surface area contributed by atoms with Gasteiger partial charge in [-0.3, -0.25) is 0 Å². The topological polar surface area (TPSA) is 0 Å². The van der Waals surface area contributed by atoms with Crippen molar-refractivity contribution in [3.8, 4) is 44.5 Å². The Bertz CT molecular complexity index is 3770. The zero-order valence-electron chi connectivity index (χ0n) is 32.4. The van der Waals surface area contributed by atoms with Crippen molar-refractivity contribution in [2.24, 2.45) is 0 Å². The summed E-state index contributed by atoms with van der Waals surface area (Å²) < 4.78 is 5.59. The van der Waals surface area contributed by atoms with Crippen molar-refractivity contribution in [3.63, 3.8) is 0 Å². The average molecular weight is 842 g/mol. The third-order valence-electron chi connectivity index (χ3n) is 12.6. The molecule has 11 aromatic carbocycles. The molecule has 0 radical (unpaired) electrons. The van der Waals surface area contributed by atoms with Crippen molar-refractivity contribution in [1.29, 1.82) is 0 Å². The molecule has 0 aliphatic heterocycles. The van der Waals surface area contributed by atoms with E-state index in [0.29, 0.717) is 0 Å². The molecular weight excluding hydrogens is 808 g/mol. The maximum absolute atomic E-state index is 2.52. The molecule has 0 bridgehead atoms. The van der Waals surface area contributed by atoms with Gasteiger partial charge in [0.1, 0.15) is 0 Å². The van der Waals surface area contributed by atoms with Crippen LogP contribution in [0.5, 0.6) is 0 Å². The van der Waals surface area contributed by atoms with Gasteiger partial charge in [0.25, 0.3) is 0 Å². The summed E-state index contributed by atoms with van der Waals surface area (Å²) in [4.78, 5) is 0. The minimum absolute atomic E-state index is 0.113. The fourth-order valence-corrected chi connectivity index (χ4v) is 13.9. The van der Waals surface area contributed by atoms with Gasteiger partial charge in [0.05, 0.1) is 0 Å². The zero-order chi connectivity index (χ0) is 39.3. The van der Waals surface area contributed by atoms with Gasteiger partial charge >= 0.3 is 341 Å². The molecule has 2 aromatic heterocycles. The molecule has 2 heterocycles. The van der Waals surface area contributed by atoms with Crippen molar-refractivity contribution in [2.45, 2.75) is 0 Å². The maximum atomic E-state index is 2.52. The van der Waals surface area contributed by atoms with Crippen LogP contribution in [0.3, 0.4) is 0 Å². The van der Waals surface area contributed by atoms with E-state index in [4.69, 9.17) is 0 Å². The Morgan fingerprint density at radius 2 is 0.717 bits per heavy atom. The van der Waals surface area contributed by atoms with Gasteiger partial charge in [-0.05, 0) is 6.07 Å². The van der Waals surface area contributed by atoms with Crippen molar-refractivity contribution in [3.05, 3.63) is 206 Å². The second-order valence-corrected chi connectivity index (χ2v) is 19.1. The van der Waals surface area contributed by atoms with Crippen molar-refractivity contribution < 1.29 is 0 Å². The summed E-state index contributed by atoms with van der Waals surface area (Å²) in [6.45, 7) is 0. The molecule has 0 spiro atoms. The number of rotatable bonds is 4. The number of hydrogen-bond donors (Lipinski definition) is 0. The van der Waals surface area contributed by atoms with E-state index in [1.165, 1.54) is 127 Å². The molecule has 0 saturated heterocycles. The third kappa shape index (κ3) is 5.03. The molecule has 0 atom stereocenters. The molecule has 278 valence electrons. The Morgan fingerprint density at radius 3 is 1.32 bits per heavy atom. The van der Waals surface area contributed by atoms with E-state index in [9.17, 15) is 0 Å². The van der Waals surface area contributed by atoms with Gasteiger partial charge in [0.2, 0.25) is 0 Å². The molecule has 0 saturated carbocycles. The predicted octanol–water partition coefficient (Wildman–Crippen LogP) is 16.7. The molecule has 60 heavy (non-hydrogen) atoms. The molecule has 0 unspecified atom stereocenters. The van der Waals surface area contributed by atoms with Gasteiger partial charge < -0.3 is 0 Å². The van der Waals surface area contributed by atoms with Crippen LogP contribution < -0.4 is 0 Å². The summed E-state index contributed by atoms with van der Waals surface area (Å²) in [6.07, 6.45) is 0. The number of thiophene rings is 1. The molecular formula is C58H34SSe. The number of benzene rings is 11. The SMILES string of the molecule is c1ccc(-c2c3ccccc3c(-c3cccc4c3[se]c3cc(-c5c6ccccc6c(-c6ccc7sc8ccccc8c7c6)c6ccccc56)ccc34)c3ccccc23)cc1. The van der Waals surface area contributed by atoms with Gasteiger partial charge in [-0.25, -0.2) is 0 Å². The van der Waals surface area contributed by atoms with Crippen LogP contribution in [0.4, 0.5) is 0 Å². The molecule has 0 nitrogen and oxygen atoms in total. The van der Waals surface area contributed by atoms with Crippen LogP contribution >= 0.6 is 11.3 Å². The molecule has 0 aliphatic carbocycles. The number of fused-ring (bicyclic) bond motifs is 10. The monoisotopic (exact) mass is 842 g/mol. The van der Waals surface area contributed by atoms with Crippen LogP contribution in [0.25, 0.3) is 127 Å². The van der Waals surface area contributed by atoms with Crippen LogP contribution in [0.15, 0.2) is 206 Å². The van der Waals surface area contributed by atoms with E-state index in [-0.39, 0.29) is 14.5 Å². The van der Waals surface area contributed by atoms with E-state index >= 15 is 0 Å². The van der Waals surface area contributed by atoms with E-state index < -0.39 is 0 Å². The molecule has 0 N–H and O–H groups in total. The van der Waals surface area contributed by atoms with Crippen LogP contribution in [0.2, 0.25) is 0 Å². The van der Waals surface area contributed by atoms with E-state index in [1.807, 2.05) is 11.3 Å². The first-order valence-electron chi connectivity index (χ1n) is 20.6. The van der Waals surface area contributed by atoms with E-state index in [1.54, 1.807) is 0 Å². The van der Waals surface area contributed by atoms with E-state index in [2.05, 4.69) is 206 Å². The van der Waals surface area contributed by atoms with Crippen molar-refractivity contribution in [2.75, 3.05) is 0 Å². The second-order valence-electron chi connectivity index (χ2n) is 15.9. The summed E-state index contributed by atoms with van der Waals surface area (Å²) in [5.74, 6) is 0. The minimum atomic E-state index is 0.113. The standard InChI is InChI=1S/C58H34SSe/c1-2-15-35(16-3-1)54-44-22-8-10-24-46(44)57(47-25-11-9-23-45(47)54)49-27-14-26-48-39-31-29-37(34-53(39)60-58(48)49)56-42-20-6-4-18-40(42)55(41-19-5-7-21-43(41)56)36-30-32-52-50(33-36)38-17-12-13-28-51(38)59-52/h1-34H. The summed E-state index contributed by atoms with van der Waals surface area (Å²) in [7, 11) is 0. The first-order valence-corrected chi connectivity index (χ1v) is 23.1. The Hall–Kier alpha value is -6.80. The Labute approximate surface area is 357 Å². The van der Waals surface area contributed by atoms with Gasteiger partial charge in [0.15, 0.2) is 0 Å². The molecule has 13 rings (SSSR count). The Balaban J connectivity index is 1.04. The van der Waals surface area contributed by atoms with E-state index in [0.717, 1.165) is 0 Å². The molecule has 0 fully saturated rings. The second kappa shape index (κ2) is 13.4. The first kappa shape index (κ1) is 34.1. The Kier molecular flexibility index (Phi) is 7.59. The molecule has 13 aromatic rings. The summed E-state index contributed by atoms with van der Waals surface area (Å²) >= 11 is 1.99. The average Bonchev–Trinajstić information content (AvgIpc) is 3.88. The summed E-state index contributed by atoms with van der Waals surface area (Å²) in [5.41, 5.74) is 10.4. The van der Waals surface area contributed by atoms with Gasteiger partial charge in [-0.15, -0.1) is 0 Å². The predicted molar refractivity (Wildman–Crippen MR) is 263 cm³/mol. The van der Waals surface area contributed by atoms with Crippen molar-refractivity contribution in [1.82, 2.24) is 0 Å².